The number of aliphatic imine (C=N–C) groups is 1. The number of rotatable bonds is 6. The normalized spacial score (nSPS) is 21.2. The number of guanidine groups is 1. The minimum absolute atomic E-state index is 0.0312. The number of aromatic nitrogens is 4. The van der Waals surface area contributed by atoms with Crippen molar-refractivity contribution in [1.29, 1.82) is 5.26 Å². The Morgan fingerprint density at radius 3 is 2.50 bits per heavy atom. The number of imidazole rings is 1. The van der Waals surface area contributed by atoms with Gasteiger partial charge in [0.15, 0.2) is 15.8 Å². The topological polar surface area (TPSA) is 135 Å². The highest BCUT2D eigenvalue weighted by Gasteiger charge is 2.42. The van der Waals surface area contributed by atoms with Crippen LogP contribution < -0.4 is 9.62 Å². The van der Waals surface area contributed by atoms with E-state index in [0.29, 0.717) is 41.6 Å². The summed E-state index contributed by atoms with van der Waals surface area (Å²) in [5.74, 6) is 0.773. The summed E-state index contributed by atoms with van der Waals surface area (Å²) >= 11 is 0.715. The molecule has 1 aliphatic carbocycles. The van der Waals surface area contributed by atoms with Crippen LogP contribution in [0.1, 0.15) is 45.0 Å². The van der Waals surface area contributed by atoms with Crippen LogP contribution in [0.3, 0.4) is 0 Å². The summed E-state index contributed by atoms with van der Waals surface area (Å²) in [6, 6.07) is 1.47. The van der Waals surface area contributed by atoms with E-state index in [1.807, 2.05) is 41.1 Å². The third-order valence-electron chi connectivity index (χ3n) is 7.14. The van der Waals surface area contributed by atoms with Gasteiger partial charge in [-0.25, -0.2) is 26.9 Å². The second-order valence-electron chi connectivity index (χ2n) is 10.7. The van der Waals surface area contributed by atoms with Crippen molar-refractivity contribution in [1.82, 2.24) is 34.1 Å². The second-order valence-corrected chi connectivity index (χ2v) is 13.4. The second kappa shape index (κ2) is 10.2. The first kappa shape index (κ1) is 28.1. The molecule has 40 heavy (non-hydrogen) atoms. The summed E-state index contributed by atoms with van der Waals surface area (Å²) in [5.41, 5.74) is 0.740. The molecule has 2 fully saturated rings. The largest absolute Gasteiger partial charge is 0.366 e. The third kappa shape index (κ3) is 5.20. The number of pyridine rings is 1. The Balaban J connectivity index is 1.61. The van der Waals surface area contributed by atoms with Gasteiger partial charge in [-0.15, -0.1) is 15.2 Å². The zero-order valence-electron chi connectivity index (χ0n) is 22.7. The van der Waals surface area contributed by atoms with Crippen LogP contribution in [0.4, 0.5) is 14.5 Å². The molecule has 2 aliphatic rings. The van der Waals surface area contributed by atoms with Crippen molar-refractivity contribution in [2.45, 2.75) is 62.6 Å². The Bertz CT molecular complexity index is 1590. The molecule has 1 saturated heterocycles. The van der Waals surface area contributed by atoms with Crippen LogP contribution >= 0.6 is 11.3 Å². The first-order valence-electron chi connectivity index (χ1n) is 12.7. The van der Waals surface area contributed by atoms with Crippen molar-refractivity contribution in [2.75, 3.05) is 32.1 Å². The number of piperazine rings is 1. The molecular formula is C24H30F2N10O2S2. The molecule has 1 aliphatic heterocycles. The van der Waals surface area contributed by atoms with Crippen LogP contribution in [0.25, 0.3) is 16.3 Å². The molecule has 0 unspecified atom stereocenters. The average molecular weight is 593 g/mol. The van der Waals surface area contributed by atoms with Gasteiger partial charge in [-0.05, 0) is 39.7 Å². The van der Waals surface area contributed by atoms with Gasteiger partial charge >= 0.3 is 0 Å². The van der Waals surface area contributed by atoms with Crippen LogP contribution in [-0.4, -0.2) is 88.6 Å². The fourth-order valence-corrected chi connectivity index (χ4v) is 7.22. The molecular weight excluding hydrogens is 562 g/mol. The van der Waals surface area contributed by atoms with E-state index in [-0.39, 0.29) is 27.8 Å². The van der Waals surface area contributed by atoms with Crippen LogP contribution in [0.15, 0.2) is 28.3 Å². The molecule has 3 aromatic heterocycles. The van der Waals surface area contributed by atoms with E-state index >= 15 is 0 Å². The minimum atomic E-state index is -3.91. The van der Waals surface area contributed by atoms with Gasteiger partial charge in [0.2, 0.25) is 22.2 Å². The Kier molecular flexibility index (Phi) is 7.17. The van der Waals surface area contributed by atoms with Crippen LogP contribution in [0, 0.1) is 11.5 Å². The molecule has 2 atom stereocenters. The number of sulfonamides is 1. The Morgan fingerprint density at radius 2 is 1.95 bits per heavy atom. The van der Waals surface area contributed by atoms with Crippen molar-refractivity contribution in [3.8, 4) is 17.0 Å². The van der Waals surface area contributed by atoms with Gasteiger partial charge in [0.1, 0.15) is 4.90 Å². The van der Waals surface area contributed by atoms with Gasteiger partial charge in [0.25, 0.3) is 6.43 Å². The number of nitriles is 1. The van der Waals surface area contributed by atoms with Gasteiger partial charge in [-0.3, -0.25) is 4.40 Å². The SMILES string of the molecule is C[C@H]1CN(c2cc(S(=O)(=O)NC3(C)CC3)cn3c(-c4nnc(C(F)F)s4)ncc23)C[C@H](C)N1C(=NC#N)N(C)C. The van der Waals surface area contributed by atoms with E-state index < -0.39 is 27.0 Å². The van der Waals surface area contributed by atoms with Crippen molar-refractivity contribution in [2.24, 2.45) is 4.99 Å². The number of anilines is 1. The molecule has 12 nitrogen and oxygen atoms in total. The molecule has 214 valence electrons. The summed E-state index contributed by atoms with van der Waals surface area (Å²) < 4.78 is 57.8. The van der Waals surface area contributed by atoms with Gasteiger partial charge in [-0.1, -0.05) is 11.3 Å². The molecule has 0 radical (unpaired) electrons. The quantitative estimate of drug-likeness (QED) is 0.260. The predicted octanol–water partition coefficient (Wildman–Crippen LogP) is 2.92. The van der Waals surface area contributed by atoms with Crippen molar-refractivity contribution in [3.63, 3.8) is 0 Å². The first-order chi connectivity index (χ1) is 18.8. The molecule has 4 heterocycles. The highest BCUT2D eigenvalue weighted by atomic mass is 32.2. The minimum Gasteiger partial charge on any atom is -0.366 e. The number of alkyl halides is 2. The number of halogens is 2. The van der Waals surface area contributed by atoms with Gasteiger partial charge in [-0.2, -0.15) is 5.26 Å². The Labute approximate surface area is 235 Å². The van der Waals surface area contributed by atoms with Gasteiger partial charge in [0, 0.05) is 51.0 Å². The third-order valence-corrected chi connectivity index (χ3v) is 9.68. The lowest BCUT2D eigenvalue weighted by molar-refractivity contribution is 0.150. The number of nitrogens with one attached hydrogen (secondary N) is 1. The molecule has 1 N–H and O–H groups in total. The molecule has 3 aromatic rings. The Morgan fingerprint density at radius 1 is 1.27 bits per heavy atom. The monoisotopic (exact) mass is 592 g/mol. The molecule has 1 saturated carbocycles. The highest BCUT2D eigenvalue weighted by Crippen LogP contribution is 2.38. The summed E-state index contributed by atoms with van der Waals surface area (Å²) in [6.07, 6.45) is 3.63. The molecule has 0 amide bonds. The maximum Gasteiger partial charge on any atom is 0.291 e. The van der Waals surface area contributed by atoms with Crippen LogP contribution in [-0.2, 0) is 10.0 Å². The van der Waals surface area contributed by atoms with E-state index in [0.717, 1.165) is 12.8 Å². The van der Waals surface area contributed by atoms with Crippen LogP contribution in [0.5, 0.6) is 0 Å². The fourth-order valence-electron chi connectivity index (χ4n) is 5.05. The average Bonchev–Trinajstić information content (AvgIpc) is 3.25. The van der Waals surface area contributed by atoms with Crippen molar-refractivity contribution < 1.29 is 17.2 Å². The van der Waals surface area contributed by atoms with E-state index in [9.17, 15) is 22.5 Å². The molecule has 5 rings (SSSR count). The molecule has 0 bridgehead atoms. The molecule has 16 heteroatoms. The number of hydrogen-bond donors (Lipinski definition) is 1. The van der Waals surface area contributed by atoms with E-state index in [1.54, 1.807) is 21.6 Å². The zero-order chi connectivity index (χ0) is 29.0. The lowest BCUT2D eigenvalue weighted by Gasteiger charge is -2.47. The maximum absolute atomic E-state index is 13.5. The summed E-state index contributed by atoms with van der Waals surface area (Å²) in [7, 11) is -0.259. The number of hydrogen-bond acceptors (Lipinski definition) is 9. The van der Waals surface area contributed by atoms with E-state index in [2.05, 4.69) is 34.7 Å². The summed E-state index contributed by atoms with van der Waals surface area (Å²) in [6.45, 7) is 6.89. The fraction of sp³-hybridized carbons (Fsp3) is 0.542. The van der Waals surface area contributed by atoms with Gasteiger partial charge in [0.05, 0.1) is 17.4 Å². The predicted molar refractivity (Wildman–Crippen MR) is 147 cm³/mol. The molecule has 0 aromatic carbocycles. The number of fused-ring (bicyclic) bond motifs is 1. The van der Waals surface area contributed by atoms with Crippen molar-refractivity contribution in [3.05, 3.63) is 23.5 Å². The lowest BCUT2D eigenvalue weighted by atomic mass is 10.1. The maximum atomic E-state index is 13.5. The van der Waals surface area contributed by atoms with Crippen LogP contribution in [0.2, 0.25) is 0 Å². The highest BCUT2D eigenvalue weighted by molar-refractivity contribution is 7.89. The smallest absolute Gasteiger partial charge is 0.291 e. The van der Waals surface area contributed by atoms with Gasteiger partial charge < -0.3 is 14.7 Å². The van der Waals surface area contributed by atoms with E-state index in [4.69, 9.17) is 0 Å². The first-order valence-corrected chi connectivity index (χ1v) is 15.0. The number of nitrogens with zero attached hydrogens (tertiary/aromatic N) is 9. The van der Waals surface area contributed by atoms with E-state index in [1.165, 1.54) is 6.20 Å². The van der Waals surface area contributed by atoms with Crippen molar-refractivity contribution >= 4 is 38.5 Å². The summed E-state index contributed by atoms with van der Waals surface area (Å²) in [5, 5.41) is 16.4. The zero-order valence-corrected chi connectivity index (χ0v) is 24.3. The Hall–Kier alpha value is -3.42. The standard InChI is InChI=1S/C24H30F2N10O2S2/c1-14-10-34(11-15(2)36(14)23(29-13-27)33(4)5)17-8-16(40(37,38)32-24(3)6-7-24)12-35-18(17)9-28-20(35)22-31-30-21(39-22)19(25)26/h8-9,12,14-15,19,32H,6-7,10-11H2,1-5H3/t14-,15-/m0/s1. The lowest BCUT2D eigenvalue weighted by Crippen LogP contribution is -2.61. The molecule has 0 spiro atoms. The summed E-state index contributed by atoms with van der Waals surface area (Å²) in [4.78, 5) is 14.4.